The summed E-state index contributed by atoms with van der Waals surface area (Å²) in [5.41, 5.74) is 1.67. The van der Waals surface area contributed by atoms with Crippen LogP contribution in [-0.4, -0.2) is 12.6 Å². The Morgan fingerprint density at radius 3 is 2.94 bits per heavy atom. The maximum atomic E-state index is 11.2. The molecule has 0 bridgehead atoms. The first-order valence-corrected chi connectivity index (χ1v) is 6.07. The molecule has 0 N–H and O–H groups in total. The van der Waals surface area contributed by atoms with Gasteiger partial charge in [0.05, 0.1) is 18.1 Å². The van der Waals surface area contributed by atoms with Gasteiger partial charge in [-0.2, -0.15) is 5.26 Å². The molecule has 0 heterocycles. The highest BCUT2D eigenvalue weighted by Crippen LogP contribution is 2.47. The third kappa shape index (κ3) is 2.60. The smallest absolute Gasteiger partial charge is 0.330 e. The first-order chi connectivity index (χ1) is 8.70. The molecule has 0 saturated heterocycles. The number of carbonyl (C=O) groups excluding carboxylic acids is 1. The molecule has 0 aromatic heterocycles. The third-order valence-corrected chi connectivity index (χ3v) is 3.10. The number of nitriles is 1. The van der Waals surface area contributed by atoms with Crippen LogP contribution in [-0.2, 0) is 14.9 Å². The molecule has 92 valence electrons. The molecule has 0 aliphatic heterocycles. The van der Waals surface area contributed by atoms with E-state index in [9.17, 15) is 4.79 Å². The average molecular weight is 241 g/mol. The molecule has 2 rings (SSSR count). The summed E-state index contributed by atoms with van der Waals surface area (Å²) < 4.78 is 4.82. The van der Waals surface area contributed by atoms with Crippen LogP contribution in [0.15, 0.2) is 30.3 Å². The molecular weight excluding hydrogens is 226 g/mol. The Hall–Kier alpha value is -2.08. The monoisotopic (exact) mass is 241 g/mol. The van der Waals surface area contributed by atoms with Gasteiger partial charge in [-0.25, -0.2) is 4.79 Å². The molecule has 0 spiro atoms. The number of benzene rings is 1. The van der Waals surface area contributed by atoms with Crippen molar-refractivity contribution in [2.75, 3.05) is 6.61 Å². The Labute approximate surface area is 107 Å². The Bertz CT molecular complexity index is 522. The molecule has 0 amide bonds. The summed E-state index contributed by atoms with van der Waals surface area (Å²) >= 11 is 0. The molecule has 0 radical (unpaired) electrons. The fraction of sp³-hybridized carbons (Fsp3) is 0.333. The quantitative estimate of drug-likeness (QED) is 0.601. The lowest BCUT2D eigenvalue weighted by Gasteiger charge is -2.06. The van der Waals surface area contributed by atoms with E-state index < -0.39 is 0 Å². The lowest BCUT2D eigenvalue weighted by molar-refractivity contribution is -0.137. The number of hydrogen-bond donors (Lipinski definition) is 0. The van der Waals surface area contributed by atoms with Crippen LogP contribution in [0.2, 0.25) is 0 Å². The van der Waals surface area contributed by atoms with Crippen LogP contribution < -0.4 is 0 Å². The molecule has 1 aliphatic rings. The highest BCUT2D eigenvalue weighted by molar-refractivity contribution is 5.87. The van der Waals surface area contributed by atoms with Gasteiger partial charge in [0.2, 0.25) is 0 Å². The van der Waals surface area contributed by atoms with Crippen LogP contribution in [0.1, 0.15) is 30.9 Å². The van der Waals surface area contributed by atoms with Gasteiger partial charge in [0, 0.05) is 6.08 Å². The zero-order chi connectivity index (χ0) is 13.0. The predicted molar refractivity (Wildman–Crippen MR) is 68.6 cm³/mol. The molecule has 1 saturated carbocycles. The van der Waals surface area contributed by atoms with Crippen molar-refractivity contribution >= 4 is 12.0 Å². The van der Waals surface area contributed by atoms with Gasteiger partial charge >= 0.3 is 5.97 Å². The molecule has 0 unspecified atom stereocenters. The van der Waals surface area contributed by atoms with Crippen molar-refractivity contribution in [1.82, 2.24) is 0 Å². The van der Waals surface area contributed by atoms with Gasteiger partial charge < -0.3 is 4.74 Å². The van der Waals surface area contributed by atoms with Crippen molar-refractivity contribution in [3.63, 3.8) is 0 Å². The summed E-state index contributed by atoms with van der Waals surface area (Å²) in [6.45, 7) is 2.15. The molecule has 1 aliphatic carbocycles. The largest absolute Gasteiger partial charge is 0.463 e. The van der Waals surface area contributed by atoms with Gasteiger partial charge in [-0.05, 0) is 37.0 Å². The molecule has 18 heavy (non-hydrogen) atoms. The van der Waals surface area contributed by atoms with Crippen molar-refractivity contribution in [3.8, 4) is 6.07 Å². The highest BCUT2D eigenvalue weighted by atomic mass is 16.5. The number of carbonyl (C=O) groups is 1. The van der Waals surface area contributed by atoms with Crippen LogP contribution >= 0.6 is 0 Å². The van der Waals surface area contributed by atoms with Crippen molar-refractivity contribution in [1.29, 1.82) is 5.26 Å². The number of nitrogens with zero attached hydrogens (tertiary/aromatic N) is 1. The molecule has 3 nitrogen and oxygen atoms in total. The molecule has 3 heteroatoms. The Balaban J connectivity index is 2.14. The summed E-state index contributed by atoms with van der Waals surface area (Å²) in [6, 6.07) is 10.1. The third-order valence-electron chi connectivity index (χ3n) is 3.10. The van der Waals surface area contributed by atoms with E-state index >= 15 is 0 Å². The Morgan fingerprint density at radius 1 is 1.56 bits per heavy atom. The van der Waals surface area contributed by atoms with Crippen molar-refractivity contribution < 1.29 is 9.53 Å². The topological polar surface area (TPSA) is 50.1 Å². The second kappa shape index (κ2) is 5.05. The number of rotatable bonds is 4. The minimum absolute atomic E-state index is 0.284. The van der Waals surface area contributed by atoms with Crippen molar-refractivity contribution in [2.45, 2.75) is 25.2 Å². The predicted octanol–water partition coefficient (Wildman–Crippen LogP) is 2.82. The lowest BCUT2D eigenvalue weighted by atomic mass is 9.96. The molecule has 0 atom stereocenters. The summed E-state index contributed by atoms with van der Waals surface area (Å²) in [4.78, 5) is 11.2. The van der Waals surface area contributed by atoms with Crippen LogP contribution in [0.5, 0.6) is 0 Å². The zero-order valence-corrected chi connectivity index (χ0v) is 10.3. The standard InChI is InChI=1S/C15H15NO2/c1-2-18-14(17)7-6-12-4-3-5-13(10-12)15(11-16)8-9-15/h3-7,10H,2,8-9H2,1H3. The Kier molecular flexibility index (Phi) is 3.47. The molecule has 1 aromatic carbocycles. The van der Waals surface area contributed by atoms with E-state index in [0.717, 1.165) is 24.0 Å². The second-order valence-corrected chi connectivity index (χ2v) is 4.40. The maximum Gasteiger partial charge on any atom is 0.330 e. The number of esters is 1. The Morgan fingerprint density at radius 2 is 2.33 bits per heavy atom. The van der Waals surface area contributed by atoms with Crippen LogP contribution in [0.4, 0.5) is 0 Å². The minimum atomic E-state index is -0.343. The minimum Gasteiger partial charge on any atom is -0.463 e. The van der Waals surface area contributed by atoms with E-state index in [0.29, 0.717) is 6.61 Å². The van der Waals surface area contributed by atoms with E-state index in [2.05, 4.69) is 6.07 Å². The maximum absolute atomic E-state index is 11.2. The summed E-state index contributed by atoms with van der Waals surface area (Å²) in [5.74, 6) is -0.343. The van der Waals surface area contributed by atoms with E-state index in [-0.39, 0.29) is 11.4 Å². The lowest BCUT2D eigenvalue weighted by Crippen LogP contribution is -2.02. The highest BCUT2D eigenvalue weighted by Gasteiger charge is 2.44. The summed E-state index contributed by atoms with van der Waals surface area (Å²) in [7, 11) is 0. The second-order valence-electron chi connectivity index (χ2n) is 4.40. The van der Waals surface area contributed by atoms with E-state index in [1.54, 1.807) is 13.0 Å². The van der Waals surface area contributed by atoms with Crippen molar-refractivity contribution in [3.05, 3.63) is 41.5 Å². The fourth-order valence-electron chi connectivity index (χ4n) is 1.88. The molecular formula is C15H15NO2. The van der Waals surface area contributed by atoms with Crippen LogP contribution in [0.3, 0.4) is 0 Å². The summed E-state index contributed by atoms with van der Waals surface area (Å²) in [5, 5.41) is 9.15. The number of hydrogen-bond acceptors (Lipinski definition) is 3. The van der Waals surface area contributed by atoms with Gasteiger partial charge in [0.1, 0.15) is 0 Å². The van der Waals surface area contributed by atoms with Gasteiger partial charge in [-0.3, -0.25) is 0 Å². The zero-order valence-electron chi connectivity index (χ0n) is 10.3. The van der Waals surface area contributed by atoms with Crippen LogP contribution in [0.25, 0.3) is 6.08 Å². The van der Waals surface area contributed by atoms with Crippen LogP contribution in [0, 0.1) is 11.3 Å². The van der Waals surface area contributed by atoms with E-state index in [1.165, 1.54) is 6.08 Å². The SMILES string of the molecule is CCOC(=O)C=Cc1cccc(C2(C#N)CC2)c1. The molecule has 1 aromatic rings. The van der Waals surface area contributed by atoms with Gasteiger partial charge in [-0.1, -0.05) is 24.3 Å². The van der Waals surface area contributed by atoms with Crippen molar-refractivity contribution in [2.24, 2.45) is 0 Å². The number of ether oxygens (including phenoxy) is 1. The summed E-state index contributed by atoms with van der Waals surface area (Å²) in [6.07, 6.45) is 4.98. The van der Waals surface area contributed by atoms with E-state index in [4.69, 9.17) is 10.00 Å². The van der Waals surface area contributed by atoms with Gasteiger partial charge in [0.25, 0.3) is 0 Å². The van der Waals surface area contributed by atoms with E-state index in [1.807, 2.05) is 24.3 Å². The van der Waals surface area contributed by atoms with Gasteiger partial charge in [-0.15, -0.1) is 0 Å². The first kappa shape index (κ1) is 12.4. The normalized spacial score (nSPS) is 16.2. The average Bonchev–Trinajstić information content (AvgIpc) is 3.18. The fourth-order valence-corrected chi connectivity index (χ4v) is 1.88. The van der Waals surface area contributed by atoms with Gasteiger partial charge in [0.15, 0.2) is 0 Å². The first-order valence-electron chi connectivity index (χ1n) is 6.07. The molecule has 1 fully saturated rings.